The number of oxazole rings is 1. The number of thioether (sulfide) groups is 1. The fourth-order valence-electron chi connectivity index (χ4n) is 1.61. The molecular formula is C14H18BrNOS. The zero-order valence-corrected chi connectivity index (χ0v) is 13.3. The predicted molar refractivity (Wildman–Crippen MR) is 81.5 cm³/mol. The maximum atomic E-state index is 5.71. The van der Waals surface area contributed by atoms with Crippen LogP contribution < -0.4 is 0 Å². The molecule has 0 aliphatic rings. The second-order valence-electron chi connectivity index (χ2n) is 5.48. The van der Waals surface area contributed by atoms with Gasteiger partial charge in [0.05, 0.1) is 0 Å². The molecule has 0 amide bonds. The summed E-state index contributed by atoms with van der Waals surface area (Å²) in [6.45, 7) is 6.81. The maximum Gasteiger partial charge on any atom is 0.256 e. The van der Waals surface area contributed by atoms with E-state index in [1.54, 1.807) is 11.8 Å². The molecule has 1 aromatic heterocycles. The summed E-state index contributed by atoms with van der Waals surface area (Å²) in [4.78, 5) is 4.48. The van der Waals surface area contributed by atoms with E-state index in [1.165, 1.54) is 0 Å². The van der Waals surface area contributed by atoms with Crippen molar-refractivity contribution in [2.45, 2.75) is 26.0 Å². The number of aromatic nitrogens is 1. The van der Waals surface area contributed by atoms with Crippen LogP contribution in [-0.4, -0.2) is 16.1 Å². The highest BCUT2D eigenvalue weighted by atomic mass is 79.9. The van der Waals surface area contributed by atoms with Gasteiger partial charge >= 0.3 is 0 Å². The topological polar surface area (TPSA) is 26.0 Å². The lowest BCUT2D eigenvalue weighted by Gasteiger charge is -2.28. The van der Waals surface area contributed by atoms with Crippen LogP contribution >= 0.6 is 27.7 Å². The third kappa shape index (κ3) is 3.29. The summed E-state index contributed by atoms with van der Waals surface area (Å²) in [6.07, 6.45) is 0. The van der Waals surface area contributed by atoms with Crippen LogP contribution in [0.25, 0.3) is 11.1 Å². The van der Waals surface area contributed by atoms with Gasteiger partial charge in [0.2, 0.25) is 0 Å². The molecule has 4 heteroatoms. The van der Waals surface area contributed by atoms with Crippen LogP contribution in [0.2, 0.25) is 0 Å². The molecule has 0 radical (unpaired) electrons. The number of rotatable bonds is 4. The lowest BCUT2D eigenvalue weighted by molar-refractivity contribution is 0.294. The molecule has 0 aliphatic carbocycles. The summed E-state index contributed by atoms with van der Waals surface area (Å²) in [7, 11) is 0. The Morgan fingerprint density at radius 3 is 2.67 bits per heavy atom. The number of nitrogens with zero attached hydrogens (tertiary/aromatic N) is 1. The van der Waals surface area contributed by atoms with Gasteiger partial charge in [-0.25, -0.2) is 4.98 Å². The van der Waals surface area contributed by atoms with Gasteiger partial charge < -0.3 is 4.42 Å². The van der Waals surface area contributed by atoms with Crippen LogP contribution in [0.4, 0.5) is 0 Å². The smallest absolute Gasteiger partial charge is 0.256 e. The Hall–Kier alpha value is -0.480. The first-order valence-corrected chi connectivity index (χ1v) is 8.16. The zero-order valence-electron chi connectivity index (χ0n) is 10.9. The van der Waals surface area contributed by atoms with Crippen molar-refractivity contribution >= 4 is 38.8 Å². The molecule has 2 nitrogen and oxygen atoms in total. The van der Waals surface area contributed by atoms with Crippen LogP contribution in [-0.2, 0) is 0 Å². The minimum atomic E-state index is 0.294. The number of halogens is 1. The molecular weight excluding hydrogens is 310 g/mol. The van der Waals surface area contributed by atoms with Gasteiger partial charge in [0.1, 0.15) is 5.52 Å². The Morgan fingerprint density at radius 1 is 1.33 bits per heavy atom. The van der Waals surface area contributed by atoms with E-state index in [0.717, 1.165) is 27.4 Å². The third-order valence-corrected chi connectivity index (χ3v) is 4.87. The van der Waals surface area contributed by atoms with Gasteiger partial charge in [-0.15, -0.1) is 0 Å². The van der Waals surface area contributed by atoms with E-state index >= 15 is 0 Å². The number of para-hydroxylation sites is 2. The zero-order chi connectivity index (χ0) is 13.2. The van der Waals surface area contributed by atoms with Crippen LogP contribution in [0.3, 0.4) is 0 Å². The highest BCUT2D eigenvalue weighted by molar-refractivity contribution is 9.09. The average Bonchev–Trinajstić information content (AvgIpc) is 2.70. The second-order valence-corrected chi connectivity index (χ2v) is 7.09. The Labute approximate surface area is 121 Å². The Balaban J connectivity index is 2.05. The van der Waals surface area contributed by atoms with Gasteiger partial charge in [0, 0.05) is 11.1 Å². The van der Waals surface area contributed by atoms with Crippen LogP contribution in [0, 0.1) is 11.3 Å². The molecule has 0 N–H and O–H groups in total. The van der Waals surface area contributed by atoms with Gasteiger partial charge in [-0.1, -0.05) is 60.6 Å². The molecule has 1 atom stereocenters. The molecule has 18 heavy (non-hydrogen) atoms. The molecule has 0 aliphatic heterocycles. The van der Waals surface area contributed by atoms with E-state index in [1.807, 2.05) is 24.3 Å². The molecule has 0 saturated heterocycles. The Morgan fingerprint density at radius 2 is 2.06 bits per heavy atom. The first-order chi connectivity index (χ1) is 8.50. The van der Waals surface area contributed by atoms with Crippen molar-refractivity contribution in [1.82, 2.24) is 4.98 Å². The van der Waals surface area contributed by atoms with Gasteiger partial charge in [-0.3, -0.25) is 0 Å². The van der Waals surface area contributed by atoms with Crippen molar-refractivity contribution in [2.24, 2.45) is 11.3 Å². The standard InChI is InChI=1S/C14H18BrNOS/c1-14(2,3)10(8-15)9-18-13-16-11-6-4-5-7-12(11)17-13/h4-7,10H,8-9H2,1-3H3. The summed E-state index contributed by atoms with van der Waals surface area (Å²) in [5.74, 6) is 1.61. The van der Waals surface area contributed by atoms with Crippen molar-refractivity contribution in [3.8, 4) is 0 Å². The number of alkyl halides is 1. The molecule has 2 aromatic rings. The summed E-state index contributed by atoms with van der Waals surface area (Å²) in [6, 6.07) is 7.89. The number of fused-ring (bicyclic) bond motifs is 1. The lowest BCUT2D eigenvalue weighted by Crippen LogP contribution is -2.23. The maximum absolute atomic E-state index is 5.71. The molecule has 0 spiro atoms. The molecule has 2 rings (SSSR count). The van der Waals surface area contributed by atoms with Gasteiger partial charge in [0.15, 0.2) is 5.58 Å². The van der Waals surface area contributed by atoms with E-state index in [2.05, 4.69) is 41.7 Å². The van der Waals surface area contributed by atoms with Gasteiger partial charge in [-0.05, 0) is 23.5 Å². The second kappa shape index (κ2) is 5.66. The van der Waals surface area contributed by atoms with Crippen LogP contribution in [0.5, 0.6) is 0 Å². The minimum absolute atomic E-state index is 0.294. The first kappa shape index (κ1) is 13.9. The average molecular weight is 328 g/mol. The lowest BCUT2D eigenvalue weighted by atomic mass is 9.83. The molecule has 0 bridgehead atoms. The first-order valence-electron chi connectivity index (χ1n) is 6.05. The van der Waals surface area contributed by atoms with Crippen molar-refractivity contribution in [3.05, 3.63) is 24.3 Å². The predicted octanol–water partition coefficient (Wildman–Crippen LogP) is 4.98. The van der Waals surface area contributed by atoms with Crippen molar-refractivity contribution in [3.63, 3.8) is 0 Å². The fraction of sp³-hybridized carbons (Fsp3) is 0.500. The van der Waals surface area contributed by atoms with E-state index in [0.29, 0.717) is 11.3 Å². The summed E-state index contributed by atoms with van der Waals surface area (Å²) < 4.78 is 5.71. The number of hydrogen-bond donors (Lipinski definition) is 0. The van der Waals surface area contributed by atoms with E-state index in [9.17, 15) is 0 Å². The van der Waals surface area contributed by atoms with E-state index in [4.69, 9.17) is 4.42 Å². The molecule has 1 heterocycles. The van der Waals surface area contributed by atoms with Gasteiger partial charge in [0.25, 0.3) is 5.22 Å². The SMILES string of the molecule is CC(C)(C)C(CBr)CSc1nc2ccccc2o1. The van der Waals surface area contributed by atoms with Crippen molar-refractivity contribution in [2.75, 3.05) is 11.1 Å². The quantitative estimate of drug-likeness (QED) is 0.585. The third-order valence-electron chi connectivity index (χ3n) is 3.09. The summed E-state index contributed by atoms with van der Waals surface area (Å²) in [5, 5.41) is 1.77. The number of benzene rings is 1. The molecule has 0 saturated carbocycles. The molecule has 98 valence electrons. The largest absolute Gasteiger partial charge is 0.431 e. The highest BCUT2D eigenvalue weighted by Crippen LogP contribution is 2.33. The van der Waals surface area contributed by atoms with Crippen LogP contribution in [0.15, 0.2) is 33.9 Å². The normalized spacial score (nSPS) is 14.0. The Kier molecular flexibility index (Phi) is 4.38. The summed E-state index contributed by atoms with van der Waals surface area (Å²) >= 11 is 5.29. The van der Waals surface area contributed by atoms with Gasteiger partial charge in [-0.2, -0.15) is 0 Å². The van der Waals surface area contributed by atoms with Crippen molar-refractivity contribution in [1.29, 1.82) is 0 Å². The molecule has 0 fully saturated rings. The summed E-state index contributed by atoms with van der Waals surface area (Å²) in [5.41, 5.74) is 2.10. The van der Waals surface area contributed by atoms with E-state index in [-0.39, 0.29) is 0 Å². The Bertz CT molecular complexity index is 485. The van der Waals surface area contributed by atoms with E-state index < -0.39 is 0 Å². The number of hydrogen-bond acceptors (Lipinski definition) is 3. The minimum Gasteiger partial charge on any atom is -0.431 e. The molecule has 1 unspecified atom stereocenters. The van der Waals surface area contributed by atoms with Crippen molar-refractivity contribution < 1.29 is 4.42 Å². The monoisotopic (exact) mass is 327 g/mol. The fourth-order valence-corrected chi connectivity index (χ4v) is 4.39. The highest BCUT2D eigenvalue weighted by Gasteiger charge is 2.24. The molecule has 1 aromatic carbocycles. The van der Waals surface area contributed by atoms with Crippen LogP contribution in [0.1, 0.15) is 20.8 Å².